The Morgan fingerprint density at radius 2 is 1.95 bits per heavy atom. The van der Waals surface area contributed by atoms with Gasteiger partial charge in [-0.3, -0.25) is 4.79 Å². The molecule has 0 aliphatic carbocycles. The molecule has 6 heteroatoms. The maximum atomic E-state index is 12.4. The molecule has 0 saturated carbocycles. The van der Waals surface area contributed by atoms with E-state index in [0.717, 1.165) is 0 Å². The van der Waals surface area contributed by atoms with E-state index in [2.05, 4.69) is 0 Å². The Morgan fingerprint density at radius 3 is 2.71 bits per heavy atom. The number of methoxy groups -OCH3 is 1. The summed E-state index contributed by atoms with van der Waals surface area (Å²) in [6, 6.07) is 7.37. The summed E-state index contributed by atoms with van der Waals surface area (Å²) >= 11 is 0. The summed E-state index contributed by atoms with van der Waals surface area (Å²) in [6.45, 7) is 0.0685. The lowest BCUT2D eigenvalue weighted by atomic mass is 10.1. The van der Waals surface area contributed by atoms with Crippen LogP contribution < -0.4 is 10.2 Å². The van der Waals surface area contributed by atoms with E-state index in [4.69, 9.17) is 13.9 Å². The van der Waals surface area contributed by atoms with Crippen LogP contribution in [-0.4, -0.2) is 24.1 Å². The summed E-state index contributed by atoms with van der Waals surface area (Å²) in [5.74, 6) is -0.324. The van der Waals surface area contributed by atoms with Gasteiger partial charge in [0.15, 0.2) is 18.1 Å². The van der Waals surface area contributed by atoms with E-state index < -0.39 is 5.75 Å². The van der Waals surface area contributed by atoms with Crippen LogP contribution in [0.1, 0.15) is 0 Å². The molecule has 0 unspecified atom stereocenters. The molecule has 1 aromatic heterocycles. The van der Waals surface area contributed by atoms with Gasteiger partial charge in [-0.15, -0.1) is 0 Å². The molecule has 0 fully saturated rings. The zero-order valence-corrected chi connectivity index (χ0v) is 11.1. The average Bonchev–Trinajstić information content (AvgIpc) is 2.50. The van der Waals surface area contributed by atoms with Crippen LogP contribution >= 0.6 is 0 Å². The number of aromatic hydroxyl groups is 2. The lowest BCUT2D eigenvalue weighted by molar-refractivity contribution is 0.0512. The summed E-state index contributed by atoms with van der Waals surface area (Å²) in [6.07, 6.45) is 0. The topological polar surface area (TPSA) is 89.1 Å². The van der Waals surface area contributed by atoms with Crippen molar-refractivity contribution in [2.45, 2.75) is 0 Å². The third kappa shape index (κ3) is 2.15. The lowest BCUT2D eigenvalue weighted by Gasteiger charge is -2.07. The van der Waals surface area contributed by atoms with Crippen molar-refractivity contribution in [3.05, 3.63) is 40.6 Å². The average molecular weight is 288 g/mol. The van der Waals surface area contributed by atoms with Gasteiger partial charge < -0.3 is 24.1 Å². The lowest BCUT2D eigenvalue weighted by Crippen LogP contribution is -2.04. The highest BCUT2D eigenvalue weighted by molar-refractivity contribution is 5.93. The molecule has 6 nitrogen and oxygen atoms in total. The van der Waals surface area contributed by atoms with Crippen LogP contribution in [0.3, 0.4) is 0 Å². The Hall–Kier alpha value is -2.73. The summed E-state index contributed by atoms with van der Waals surface area (Å²) in [5.41, 5.74) is -0.0688. The molecule has 2 N–H and O–H groups in total. The van der Waals surface area contributed by atoms with Gasteiger partial charge in [0.2, 0.25) is 11.2 Å². The van der Waals surface area contributed by atoms with Gasteiger partial charge in [-0.2, -0.15) is 0 Å². The second kappa shape index (κ2) is 4.99. The fraction of sp³-hybridized carbons (Fsp3) is 0.133. The monoisotopic (exact) mass is 288 g/mol. The van der Waals surface area contributed by atoms with Gasteiger partial charge in [0.25, 0.3) is 0 Å². The van der Waals surface area contributed by atoms with Crippen LogP contribution in [-0.2, 0) is 4.74 Å². The molecule has 0 spiro atoms. The van der Waals surface area contributed by atoms with Crippen molar-refractivity contribution in [2.75, 3.05) is 13.9 Å². The smallest absolute Gasteiger partial charge is 0.201 e. The third-order valence-corrected chi connectivity index (χ3v) is 3.11. The summed E-state index contributed by atoms with van der Waals surface area (Å²) in [5, 5.41) is 19.8. The molecule has 0 amide bonds. The summed E-state index contributed by atoms with van der Waals surface area (Å²) in [4.78, 5) is 12.4. The zero-order chi connectivity index (χ0) is 15.0. The van der Waals surface area contributed by atoms with Crippen LogP contribution in [0.5, 0.6) is 17.2 Å². The standard InChI is InChI=1S/C15H12O6/c1-19-7-20-8-2-5-12-10(6-8)13(17)9-3-4-11(16)14(18)15(9)21-12/h2-6,16,18H,7H2,1H3. The molecule has 0 saturated heterocycles. The number of hydrogen-bond donors (Lipinski definition) is 2. The van der Waals surface area contributed by atoms with Crippen molar-refractivity contribution in [3.63, 3.8) is 0 Å². The molecule has 2 aromatic carbocycles. The van der Waals surface area contributed by atoms with Gasteiger partial charge in [0.05, 0.1) is 10.8 Å². The summed E-state index contributed by atoms with van der Waals surface area (Å²) < 4.78 is 15.6. The Labute approximate surface area is 118 Å². The Balaban J connectivity index is 2.29. The number of phenolic OH excluding ortho intramolecular Hbond substituents is 2. The molecule has 0 aliphatic rings. The normalized spacial score (nSPS) is 11.1. The van der Waals surface area contributed by atoms with E-state index in [1.54, 1.807) is 18.2 Å². The van der Waals surface area contributed by atoms with E-state index in [-0.39, 0.29) is 34.5 Å². The van der Waals surface area contributed by atoms with Gasteiger partial charge in [-0.1, -0.05) is 0 Å². The first-order valence-electron chi connectivity index (χ1n) is 6.15. The number of fused-ring (bicyclic) bond motifs is 2. The number of rotatable bonds is 3. The van der Waals surface area contributed by atoms with Gasteiger partial charge in [-0.25, -0.2) is 0 Å². The molecule has 21 heavy (non-hydrogen) atoms. The first-order chi connectivity index (χ1) is 10.1. The molecular formula is C15H12O6. The fourth-order valence-electron chi connectivity index (χ4n) is 2.09. The zero-order valence-electron chi connectivity index (χ0n) is 11.1. The van der Waals surface area contributed by atoms with Crippen molar-refractivity contribution in [3.8, 4) is 17.2 Å². The molecule has 1 heterocycles. The maximum Gasteiger partial charge on any atom is 0.201 e. The Kier molecular flexibility index (Phi) is 3.15. The predicted octanol–water partition coefficient (Wildman–Crippen LogP) is 2.34. The highest BCUT2D eigenvalue weighted by Crippen LogP contribution is 2.34. The van der Waals surface area contributed by atoms with Crippen LogP contribution in [0.25, 0.3) is 21.9 Å². The van der Waals surface area contributed by atoms with E-state index in [9.17, 15) is 15.0 Å². The quantitative estimate of drug-likeness (QED) is 0.437. The van der Waals surface area contributed by atoms with Gasteiger partial charge >= 0.3 is 0 Å². The summed E-state index contributed by atoms with van der Waals surface area (Å²) in [7, 11) is 1.50. The van der Waals surface area contributed by atoms with Crippen LogP contribution in [0.4, 0.5) is 0 Å². The molecule has 3 aromatic rings. The second-order valence-electron chi connectivity index (χ2n) is 4.45. The highest BCUT2D eigenvalue weighted by atomic mass is 16.7. The SMILES string of the molecule is COCOc1ccc2oc3c(O)c(O)ccc3c(=O)c2c1. The van der Waals surface area contributed by atoms with Crippen LogP contribution in [0, 0.1) is 0 Å². The van der Waals surface area contributed by atoms with Crippen LogP contribution in [0.2, 0.25) is 0 Å². The second-order valence-corrected chi connectivity index (χ2v) is 4.45. The molecule has 0 atom stereocenters. The van der Waals surface area contributed by atoms with Gasteiger partial charge in [-0.05, 0) is 30.3 Å². The molecule has 0 radical (unpaired) electrons. The van der Waals surface area contributed by atoms with Crippen LogP contribution in [0.15, 0.2) is 39.5 Å². The molecule has 0 bridgehead atoms. The molecular weight excluding hydrogens is 276 g/mol. The number of hydrogen-bond acceptors (Lipinski definition) is 6. The minimum atomic E-state index is -0.453. The minimum Gasteiger partial charge on any atom is -0.504 e. The molecule has 0 aliphatic heterocycles. The number of benzene rings is 2. The van der Waals surface area contributed by atoms with Gasteiger partial charge in [0.1, 0.15) is 11.3 Å². The fourth-order valence-corrected chi connectivity index (χ4v) is 2.09. The van der Waals surface area contributed by atoms with Gasteiger partial charge in [0, 0.05) is 7.11 Å². The highest BCUT2D eigenvalue weighted by Gasteiger charge is 2.14. The first kappa shape index (κ1) is 13.3. The maximum absolute atomic E-state index is 12.4. The van der Waals surface area contributed by atoms with E-state index >= 15 is 0 Å². The molecule has 108 valence electrons. The van der Waals surface area contributed by atoms with E-state index in [0.29, 0.717) is 11.1 Å². The number of ether oxygens (including phenoxy) is 2. The Bertz CT molecular complexity index is 881. The predicted molar refractivity (Wildman–Crippen MR) is 75.8 cm³/mol. The first-order valence-corrected chi connectivity index (χ1v) is 6.15. The van der Waals surface area contributed by atoms with Crippen molar-refractivity contribution in [1.82, 2.24) is 0 Å². The third-order valence-electron chi connectivity index (χ3n) is 3.11. The minimum absolute atomic E-state index is 0.0435. The van der Waals surface area contributed by atoms with Crippen molar-refractivity contribution < 1.29 is 24.1 Å². The van der Waals surface area contributed by atoms with Crippen molar-refractivity contribution in [1.29, 1.82) is 0 Å². The Morgan fingerprint density at radius 1 is 1.14 bits per heavy atom. The van der Waals surface area contributed by atoms with E-state index in [1.807, 2.05) is 0 Å². The molecule has 3 rings (SSSR count). The largest absolute Gasteiger partial charge is 0.504 e. The number of phenols is 2. The van der Waals surface area contributed by atoms with Crippen molar-refractivity contribution in [2.24, 2.45) is 0 Å². The van der Waals surface area contributed by atoms with E-state index in [1.165, 1.54) is 19.2 Å². The van der Waals surface area contributed by atoms with Crippen molar-refractivity contribution >= 4 is 21.9 Å².